The lowest BCUT2D eigenvalue weighted by molar-refractivity contribution is -0.0530. The summed E-state index contributed by atoms with van der Waals surface area (Å²) in [6.45, 7) is -4.68. The fourth-order valence-corrected chi connectivity index (χ4v) is 5.32. The van der Waals surface area contributed by atoms with Gasteiger partial charge in [0.05, 0.1) is 25.4 Å². The number of nitrogen functional groups attached to an aromatic ring is 2. The molecule has 0 aliphatic carbocycles. The van der Waals surface area contributed by atoms with E-state index in [0.717, 1.165) is 0 Å². The zero-order valence-electron chi connectivity index (χ0n) is 18.2. The Balaban J connectivity index is 1.36. The number of rotatable bonds is 8. The second kappa shape index (κ2) is 10.4. The van der Waals surface area contributed by atoms with Crippen LogP contribution in [0, 0.1) is 0 Å². The molecule has 0 radical (unpaired) electrons. The topological polar surface area (TPSA) is 219 Å². The monoisotopic (exact) mass is 532 g/mol. The van der Waals surface area contributed by atoms with Crippen LogP contribution in [0.15, 0.2) is 34.1 Å². The maximum atomic E-state index is 12.1. The minimum absolute atomic E-state index is 0.0473. The summed E-state index contributed by atoms with van der Waals surface area (Å²) in [5, 5.41) is 20.0. The molecule has 0 bridgehead atoms. The van der Waals surface area contributed by atoms with Crippen LogP contribution in [0.25, 0.3) is 0 Å². The first-order valence-corrected chi connectivity index (χ1v) is 13.1. The highest BCUT2D eigenvalue weighted by molar-refractivity contribution is 8.07. The van der Waals surface area contributed by atoms with E-state index in [0.29, 0.717) is 0 Å². The van der Waals surface area contributed by atoms with E-state index in [4.69, 9.17) is 41.8 Å². The standard InChI is InChI=1S/C18H25N6O9PS/c19-13-1-3-23(17(27)21-13)15-5-9(26)12(32-15)8-30-34(29,35)33-10-6-16(31-11(10)7-25)24-4-2-14(20)22-18(24)28/h1-4,9-12,15-16,25-26H,5-8H2,(H,29,35)(H2,19,21,27)(H2,20,22,28)/t9-,10-,11+,12+,15+,16+,34?/m0/s1. The van der Waals surface area contributed by atoms with Crippen molar-refractivity contribution in [2.45, 2.75) is 49.7 Å². The Morgan fingerprint density at radius 1 is 1.06 bits per heavy atom. The summed E-state index contributed by atoms with van der Waals surface area (Å²) in [5.41, 5.74) is 9.70. The van der Waals surface area contributed by atoms with Gasteiger partial charge in [0.25, 0.3) is 0 Å². The van der Waals surface area contributed by atoms with Crippen molar-refractivity contribution in [2.75, 3.05) is 24.7 Å². The number of nitrogens with two attached hydrogens (primary N) is 2. The fourth-order valence-electron chi connectivity index (χ4n) is 3.84. The molecule has 7 N–H and O–H groups in total. The molecule has 1 unspecified atom stereocenters. The highest BCUT2D eigenvalue weighted by Gasteiger charge is 2.41. The van der Waals surface area contributed by atoms with Gasteiger partial charge >= 0.3 is 18.1 Å². The number of nitrogens with zero attached hydrogens (tertiary/aromatic N) is 4. The maximum absolute atomic E-state index is 12.1. The van der Waals surface area contributed by atoms with Crippen molar-refractivity contribution in [3.05, 3.63) is 45.5 Å². The Labute approximate surface area is 203 Å². The maximum Gasteiger partial charge on any atom is 0.351 e. The van der Waals surface area contributed by atoms with Gasteiger partial charge in [-0.05, 0) is 23.9 Å². The van der Waals surface area contributed by atoms with Gasteiger partial charge in [-0.3, -0.25) is 9.13 Å². The van der Waals surface area contributed by atoms with Crippen LogP contribution in [0.3, 0.4) is 0 Å². The van der Waals surface area contributed by atoms with Gasteiger partial charge in [-0.2, -0.15) is 9.97 Å². The molecule has 0 amide bonds. The van der Waals surface area contributed by atoms with Crippen LogP contribution in [0.1, 0.15) is 25.3 Å². The Bertz CT molecular complexity index is 1230. The molecule has 4 rings (SSSR count). The summed E-state index contributed by atoms with van der Waals surface area (Å²) in [6, 6.07) is 2.84. The van der Waals surface area contributed by atoms with Crippen molar-refractivity contribution in [2.24, 2.45) is 0 Å². The van der Waals surface area contributed by atoms with E-state index >= 15 is 0 Å². The second-order valence-corrected chi connectivity index (χ2v) is 10.8. The van der Waals surface area contributed by atoms with Gasteiger partial charge in [0.2, 0.25) is 0 Å². The van der Waals surface area contributed by atoms with Crippen LogP contribution in [0.2, 0.25) is 0 Å². The van der Waals surface area contributed by atoms with Crippen molar-refractivity contribution in [3.63, 3.8) is 0 Å². The second-order valence-electron chi connectivity index (χ2n) is 7.97. The molecule has 0 saturated carbocycles. The summed E-state index contributed by atoms with van der Waals surface area (Å²) >= 11 is 5.08. The zero-order valence-corrected chi connectivity index (χ0v) is 19.9. The van der Waals surface area contributed by atoms with E-state index in [-0.39, 0.29) is 31.1 Å². The molecule has 192 valence electrons. The first-order chi connectivity index (χ1) is 16.6. The van der Waals surface area contributed by atoms with Crippen LogP contribution in [-0.4, -0.2) is 71.8 Å². The van der Waals surface area contributed by atoms with Crippen LogP contribution in [0.4, 0.5) is 11.6 Å². The van der Waals surface area contributed by atoms with Gasteiger partial charge in [-0.15, -0.1) is 0 Å². The average Bonchev–Trinajstić information content (AvgIpc) is 3.34. The number of anilines is 2. The third-order valence-electron chi connectivity index (χ3n) is 5.56. The van der Waals surface area contributed by atoms with Gasteiger partial charge in [0.1, 0.15) is 36.3 Å². The van der Waals surface area contributed by atoms with Crippen LogP contribution >= 0.6 is 6.72 Å². The number of hydrogen-bond donors (Lipinski definition) is 5. The van der Waals surface area contributed by atoms with Crippen LogP contribution in [0.5, 0.6) is 0 Å². The average molecular weight is 532 g/mol. The van der Waals surface area contributed by atoms with E-state index in [1.54, 1.807) is 0 Å². The predicted octanol–water partition coefficient (Wildman–Crippen LogP) is -1.79. The molecule has 2 aromatic heterocycles. The third kappa shape index (κ3) is 5.94. The molecule has 2 saturated heterocycles. The minimum Gasteiger partial charge on any atom is -0.394 e. The van der Waals surface area contributed by atoms with Crippen LogP contribution in [-0.2, 0) is 30.3 Å². The Morgan fingerprint density at radius 2 is 1.60 bits per heavy atom. The highest BCUT2D eigenvalue weighted by Crippen LogP contribution is 2.49. The van der Waals surface area contributed by atoms with E-state index in [1.165, 1.54) is 33.7 Å². The normalized spacial score (nSPS) is 30.4. The Morgan fingerprint density at radius 3 is 2.14 bits per heavy atom. The number of hydrogen-bond acceptors (Lipinski definition) is 13. The molecule has 0 aromatic carbocycles. The van der Waals surface area contributed by atoms with E-state index < -0.39 is 61.6 Å². The Kier molecular flexibility index (Phi) is 7.65. The molecule has 7 atom stereocenters. The smallest absolute Gasteiger partial charge is 0.351 e. The van der Waals surface area contributed by atoms with E-state index in [1.807, 2.05) is 0 Å². The molecular weight excluding hydrogens is 507 g/mol. The molecule has 0 spiro atoms. The first kappa shape index (κ1) is 25.8. The molecule has 2 fully saturated rings. The summed E-state index contributed by atoms with van der Waals surface area (Å²) in [5.74, 6) is 0.103. The lowest BCUT2D eigenvalue weighted by Gasteiger charge is -2.24. The molecule has 2 aromatic rings. The molecular formula is C18H25N6O9PS. The fraction of sp³-hybridized carbons (Fsp3) is 0.556. The number of ether oxygens (including phenoxy) is 2. The molecule has 2 aliphatic rings. The van der Waals surface area contributed by atoms with Crippen molar-refractivity contribution in [1.82, 2.24) is 19.1 Å². The molecule has 35 heavy (non-hydrogen) atoms. The van der Waals surface area contributed by atoms with Gasteiger partial charge < -0.3 is 45.1 Å². The van der Waals surface area contributed by atoms with Crippen molar-refractivity contribution in [3.8, 4) is 0 Å². The quantitative estimate of drug-likeness (QED) is 0.237. The highest BCUT2D eigenvalue weighted by atomic mass is 32.5. The lowest BCUT2D eigenvalue weighted by atomic mass is 10.2. The number of aromatic nitrogens is 4. The third-order valence-corrected chi connectivity index (χ3v) is 7.15. The molecule has 15 nitrogen and oxygen atoms in total. The SMILES string of the molecule is Nc1ccn([C@H]2C[C@H](OP(O)(=S)OC[C@H]3O[C@@H](n4ccc(N)nc4=O)C[C@@H]3O)[C@@H](CO)O2)c(=O)n1. The van der Waals surface area contributed by atoms with Gasteiger partial charge in [-0.1, -0.05) is 0 Å². The van der Waals surface area contributed by atoms with Gasteiger partial charge in [-0.25, -0.2) is 9.59 Å². The van der Waals surface area contributed by atoms with Crippen molar-refractivity contribution in [1.29, 1.82) is 0 Å². The van der Waals surface area contributed by atoms with Gasteiger partial charge in [0.15, 0.2) is 0 Å². The predicted molar refractivity (Wildman–Crippen MR) is 123 cm³/mol. The van der Waals surface area contributed by atoms with Crippen LogP contribution < -0.4 is 22.8 Å². The Hall–Kier alpha value is -2.27. The number of aliphatic hydroxyl groups excluding tert-OH is 2. The molecule has 4 heterocycles. The van der Waals surface area contributed by atoms with Crippen molar-refractivity contribution >= 4 is 30.2 Å². The number of aliphatic hydroxyl groups is 2. The van der Waals surface area contributed by atoms with Gasteiger partial charge in [0, 0.05) is 25.2 Å². The molecule has 2 aliphatic heterocycles. The summed E-state index contributed by atoms with van der Waals surface area (Å²) in [6.07, 6.45) is -2.44. The summed E-state index contributed by atoms with van der Waals surface area (Å²) in [7, 11) is 0. The molecule has 17 heteroatoms. The lowest BCUT2D eigenvalue weighted by Crippen LogP contribution is -2.29. The van der Waals surface area contributed by atoms with E-state index in [2.05, 4.69) is 9.97 Å². The summed E-state index contributed by atoms with van der Waals surface area (Å²) < 4.78 is 24.6. The summed E-state index contributed by atoms with van der Waals surface area (Å²) in [4.78, 5) is 41.9. The van der Waals surface area contributed by atoms with Crippen molar-refractivity contribution < 1.29 is 33.6 Å². The largest absolute Gasteiger partial charge is 0.394 e. The minimum atomic E-state index is -3.89. The zero-order chi connectivity index (χ0) is 25.3. The van der Waals surface area contributed by atoms with E-state index in [9.17, 15) is 24.7 Å². The first-order valence-electron chi connectivity index (χ1n) is 10.5.